The largest absolute Gasteiger partial charge is 0.494 e. The molecule has 6 rings (SSSR count). The van der Waals surface area contributed by atoms with Gasteiger partial charge in [-0.15, -0.1) is 0 Å². The number of nitrogens with one attached hydrogen (secondary N) is 3. The number of aryl methyl sites for hydroxylation is 1. The summed E-state index contributed by atoms with van der Waals surface area (Å²) in [6, 6.07) is 9.38. The van der Waals surface area contributed by atoms with Crippen LogP contribution in [0, 0.1) is 0 Å². The molecule has 4 N–H and O–H groups in total. The molecule has 0 unspecified atom stereocenters. The smallest absolute Gasteiger partial charge is 0.251 e. The van der Waals surface area contributed by atoms with Crippen LogP contribution in [0.5, 0.6) is 5.75 Å². The van der Waals surface area contributed by atoms with E-state index in [1.165, 1.54) is 0 Å². The number of nitrogens with zero attached hydrogens (tertiary/aromatic N) is 4. The summed E-state index contributed by atoms with van der Waals surface area (Å²) in [5, 5.41) is 22.2. The van der Waals surface area contributed by atoms with Gasteiger partial charge in [0.15, 0.2) is 0 Å². The average molecular weight is 498 g/mol. The molecule has 1 fully saturated rings. The van der Waals surface area contributed by atoms with E-state index in [0.29, 0.717) is 30.8 Å². The second kappa shape index (κ2) is 9.30. The third kappa shape index (κ3) is 4.30. The number of aromatic amines is 1. The molecule has 10 nitrogen and oxygen atoms in total. The van der Waals surface area contributed by atoms with Crippen molar-refractivity contribution in [1.29, 1.82) is 0 Å². The van der Waals surface area contributed by atoms with Crippen molar-refractivity contribution < 1.29 is 14.6 Å². The highest BCUT2D eigenvalue weighted by Gasteiger charge is 2.22. The van der Waals surface area contributed by atoms with E-state index < -0.39 is 6.10 Å². The summed E-state index contributed by atoms with van der Waals surface area (Å²) in [7, 11) is 3.50. The van der Waals surface area contributed by atoms with Gasteiger partial charge >= 0.3 is 0 Å². The lowest BCUT2D eigenvalue weighted by molar-refractivity contribution is 0.0876. The summed E-state index contributed by atoms with van der Waals surface area (Å²) in [6.07, 6.45) is 7.31. The van der Waals surface area contributed by atoms with Gasteiger partial charge in [0.2, 0.25) is 0 Å². The molecule has 0 bridgehead atoms. The van der Waals surface area contributed by atoms with E-state index in [-0.39, 0.29) is 11.9 Å². The van der Waals surface area contributed by atoms with Crippen LogP contribution in [0.1, 0.15) is 16.8 Å². The maximum atomic E-state index is 12.8. The Bertz CT molecular complexity index is 1610. The van der Waals surface area contributed by atoms with E-state index in [4.69, 9.17) is 4.74 Å². The highest BCUT2D eigenvalue weighted by Crippen LogP contribution is 2.40. The van der Waals surface area contributed by atoms with Gasteiger partial charge in [0.1, 0.15) is 11.4 Å². The molecule has 5 heterocycles. The summed E-state index contributed by atoms with van der Waals surface area (Å²) >= 11 is 0. The molecule has 5 aromatic rings. The van der Waals surface area contributed by atoms with Crippen LogP contribution in [0.25, 0.3) is 44.3 Å². The van der Waals surface area contributed by atoms with Crippen LogP contribution in [0.4, 0.5) is 0 Å². The number of fused-ring (bicyclic) bond motifs is 3. The zero-order valence-corrected chi connectivity index (χ0v) is 20.5. The van der Waals surface area contributed by atoms with Gasteiger partial charge in [-0.3, -0.25) is 14.5 Å². The van der Waals surface area contributed by atoms with E-state index in [0.717, 1.165) is 44.3 Å². The number of aliphatic hydroxyl groups is 1. The molecule has 0 radical (unpaired) electrons. The second-order valence-corrected chi connectivity index (χ2v) is 9.36. The first-order valence-corrected chi connectivity index (χ1v) is 12.1. The first kappa shape index (κ1) is 23.1. The first-order chi connectivity index (χ1) is 18.0. The monoisotopic (exact) mass is 497 g/mol. The third-order valence-corrected chi connectivity index (χ3v) is 6.79. The number of methoxy groups -OCH3 is 1. The molecular formula is C27H27N7O3. The molecule has 1 aliphatic heterocycles. The molecule has 37 heavy (non-hydrogen) atoms. The summed E-state index contributed by atoms with van der Waals surface area (Å²) in [5.74, 6) is 0.464. The lowest BCUT2D eigenvalue weighted by Crippen LogP contribution is -2.50. The van der Waals surface area contributed by atoms with E-state index in [2.05, 4.69) is 30.7 Å². The van der Waals surface area contributed by atoms with E-state index in [1.807, 2.05) is 31.4 Å². The predicted molar refractivity (Wildman–Crippen MR) is 140 cm³/mol. The van der Waals surface area contributed by atoms with Crippen LogP contribution in [0.3, 0.4) is 0 Å². The fourth-order valence-electron chi connectivity index (χ4n) is 4.98. The fraction of sp³-hybridized carbons (Fsp3) is 0.259. The quantitative estimate of drug-likeness (QED) is 0.294. The molecule has 2 atom stereocenters. The van der Waals surface area contributed by atoms with Gasteiger partial charge in [-0.05, 0) is 30.2 Å². The molecule has 1 aliphatic rings. The number of benzene rings is 1. The standard InChI is InChI=1S/C27H27N7O3/c1-34-14-17(9-31-34)21-8-20-22(12-29-21)33-26-25(20)24(23(37-2)13-30-26)15-3-5-16(6-4-15)27(36)32-18-7-19(35)11-28-10-18/h3-6,8-9,12-14,18-19,28,35H,7,10-11H2,1-2H3,(H,30,33)(H,32,36)/t18-,19+/m0/s1. The SMILES string of the molecule is COc1cnc2[nH]c3cnc(-c4cnn(C)c4)cc3c2c1-c1ccc(C(=O)N[C@@H]2CNC[C@H](O)C2)cc1. The molecule has 188 valence electrons. The fourth-order valence-corrected chi connectivity index (χ4v) is 4.98. The molecule has 4 aromatic heterocycles. The van der Waals surface area contributed by atoms with Crippen molar-refractivity contribution in [3.05, 3.63) is 60.7 Å². The molecule has 1 saturated heterocycles. The van der Waals surface area contributed by atoms with Gasteiger partial charge < -0.3 is 25.5 Å². The Kier molecular flexibility index (Phi) is 5.82. The number of aromatic nitrogens is 5. The topological polar surface area (TPSA) is 130 Å². The summed E-state index contributed by atoms with van der Waals surface area (Å²) in [5.41, 5.74) is 5.65. The lowest BCUT2D eigenvalue weighted by Gasteiger charge is -2.27. The molecule has 0 aliphatic carbocycles. The summed E-state index contributed by atoms with van der Waals surface area (Å²) < 4.78 is 7.46. The Morgan fingerprint density at radius 2 is 1.97 bits per heavy atom. The minimum atomic E-state index is -0.451. The van der Waals surface area contributed by atoms with Crippen molar-refractivity contribution in [2.75, 3.05) is 20.2 Å². The number of carbonyl (C=O) groups is 1. The summed E-state index contributed by atoms with van der Waals surface area (Å²) in [6.45, 7) is 1.19. The van der Waals surface area contributed by atoms with Gasteiger partial charge in [-0.25, -0.2) is 4.98 Å². The maximum absolute atomic E-state index is 12.8. The first-order valence-electron chi connectivity index (χ1n) is 12.1. The number of rotatable bonds is 5. The number of pyridine rings is 2. The van der Waals surface area contributed by atoms with Gasteiger partial charge in [0.25, 0.3) is 5.91 Å². The van der Waals surface area contributed by atoms with Crippen molar-refractivity contribution in [1.82, 2.24) is 35.4 Å². The Balaban J connectivity index is 1.40. The molecule has 10 heteroatoms. The van der Waals surface area contributed by atoms with E-state index >= 15 is 0 Å². The van der Waals surface area contributed by atoms with Crippen molar-refractivity contribution in [3.8, 4) is 28.1 Å². The Morgan fingerprint density at radius 3 is 2.70 bits per heavy atom. The number of hydrogen-bond acceptors (Lipinski definition) is 7. The van der Waals surface area contributed by atoms with Crippen molar-refractivity contribution in [2.45, 2.75) is 18.6 Å². The third-order valence-electron chi connectivity index (χ3n) is 6.79. The number of H-pyrrole nitrogens is 1. The predicted octanol–water partition coefficient (Wildman–Crippen LogP) is 2.64. The van der Waals surface area contributed by atoms with Crippen LogP contribution in [0.15, 0.2) is 55.1 Å². The number of amides is 1. The van der Waals surface area contributed by atoms with E-state index in [9.17, 15) is 9.90 Å². The molecule has 0 saturated carbocycles. The molecule has 0 spiro atoms. The van der Waals surface area contributed by atoms with Gasteiger partial charge in [-0.1, -0.05) is 12.1 Å². The number of β-amino-alcohol motifs (C(OH)–C–C–N with tert-alkyl or cyclic N) is 1. The zero-order valence-electron chi connectivity index (χ0n) is 20.5. The number of hydrogen-bond donors (Lipinski definition) is 4. The van der Waals surface area contributed by atoms with Crippen molar-refractivity contribution >= 4 is 27.8 Å². The van der Waals surface area contributed by atoms with Crippen molar-refractivity contribution in [2.24, 2.45) is 7.05 Å². The molecule has 1 aromatic carbocycles. The van der Waals surface area contributed by atoms with Crippen molar-refractivity contribution in [3.63, 3.8) is 0 Å². The number of carbonyl (C=O) groups excluding carboxylic acids is 1. The zero-order chi connectivity index (χ0) is 25.5. The van der Waals surface area contributed by atoms with Crippen LogP contribution in [-0.4, -0.2) is 68.1 Å². The number of aliphatic hydroxyl groups excluding tert-OH is 1. The molecule has 1 amide bonds. The highest BCUT2D eigenvalue weighted by molar-refractivity contribution is 6.14. The Labute approximate surface area is 212 Å². The molecular weight excluding hydrogens is 470 g/mol. The normalized spacial score (nSPS) is 17.8. The minimum absolute atomic E-state index is 0.107. The lowest BCUT2D eigenvalue weighted by atomic mass is 9.98. The van der Waals surface area contributed by atoms with Gasteiger partial charge in [-0.2, -0.15) is 5.10 Å². The highest BCUT2D eigenvalue weighted by atomic mass is 16.5. The van der Waals surface area contributed by atoms with Crippen LogP contribution < -0.4 is 15.4 Å². The van der Waals surface area contributed by atoms with Crippen LogP contribution in [0.2, 0.25) is 0 Å². The van der Waals surface area contributed by atoms with Gasteiger partial charge in [0, 0.05) is 59.8 Å². The minimum Gasteiger partial charge on any atom is -0.494 e. The number of ether oxygens (including phenoxy) is 1. The van der Waals surface area contributed by atoms with Crippen LogP contribution >= 0.6 is 0 Å². The summed E-state index contributed by atoms with van der Waals surface area (Å²) in [4.78, 5) is 25.4. The maximum Gasteiger partial charge on any atom is 0.251 e. The average Bonchev–Trinajstić information content (AvgIpc) is 3.51. The Morgan fingerprint density at radius 1 is 1.14 bits per heavy atom. The number of piperidine rings is 1. The second-order valence-electron chi connectivity index (χ2n) is 9.36. The Hall–Kier alpha value is -4.28. The van der Waals surface area contributed by atoms with Crippen LogP contribution in [-0.2, 0) is 7.05 Å². The van der Waals surface area contributed by atoms with Gasteiger partial charge in [0.05, 0.1) is 43.0 Å². The van der Waals surface area contributed by atoms with E-state index in [1.54, 1.807) is 42.5 Å².